The smallest absolute Gasteiger partial charge is 0.392 e. The molecule has 0 fully saturated rings. The minimum atomic E-state index is -5.33. The molecule has 0 aliphatic carbocycles. The number of unbranched alkanes of at least 4 members (excludes halogenated alkanes) is 11. The highest BCUT2D eigenvalue weighted by Gasteiger charge is 2.50. The zero-order valence-corrected chi connectivity index (χ0v) is 22.6. The van der Waals surface area contributed by atoms with E-state index in [1.54, 1.807) is 0 Å². The van der Waals surface area contributed by atoms with Gasteiger partial charge in [0.15, 0.2) is 0 Å². The summed E-state index contributed by atoms with van der Waals surface area (Å²) in [5, 5.41) is 9.17. The fourth-order valence-electron chi connectivity index (χ4n) is 4.60. The van der Waals surface area contributed by atoms with Crippen molar-refractivity contribution in [1.29, 1.82) is 0 Å². The van der Waals surface area contributed by atoms with Crippen LogP contribution in [-0.2, 0) is 4.74 Å². The minimum absolute atomic E-state index is 0.0380. The molecular weight excluding hydrogens is 527 g/mol. The molecule has 0 aliphatic rings. The van der Waals surface area contributed by atoms with Gasteiger partial charge < -0.3 is 9.84 Å². The van der Waals surface area contributed by atoms with Crippen molar-refractivity contribution in [3.05, 3.63) is 0 Å². The summed E-state index contributed by atoms with van der Waals surface area (Å²) in [6.07, 6.45) is -6.99. The van der Waals surface area contributed by atoms with Gasteiger partial charge in [-0.1, -0.05) is 84.0 Å². The number of alkyl halides is 9. The molecule has 1 N–H and O–H groups in total. The van der Waals surface area contributed by atoms with E-state index in [4.69, 9.17) is 4.74 Å². The summed E-state index contributed by atoms with van der Waals surface area (Å²) >= 11 is 0. The number of rotatable bonds is 23. The van der Waals surface area contributed by atoms with Crippen LogP contribution in [0.25, 0.3) is 0 Å². The summed E-state index contributed by atoms with van der Waals surface area (Å²) in [6.45, 7) is 2.97. The highest BCUT2D eigenvalue weighted by Crippen LogP contribution is 2.44. The summed E-state index contributed by atoms with van der Waals surface area (Å²) in [4.78, 5) is 0. The van der Waals surface area contributed by atoms with Crippen LogP contribution < -0.4 is 0 Å². The van der Waals surface area contributed by atoms with Crippen molar-refractivity contribution in [1.82, 2.24) is 0 Å². The molecule has 0 heterocycles. The number of hydrogen-bond acceptors (Lipinski definition) is 2. The molecule has 2 nitrogen and oxygen atoms in total. The van der Waals surface area contributed by atoms with Gasteiger partial charge in [0.1, 0.15) is 0 Å². The van der Waals surface area contributed by atoms with Crippen molar-refractivity contribution in [3.63, 3.8) is 0 Å². The Balaban J connectivity index is 4.06. The maximum Gasteiger partial charge on any atom is 0.392 e. The largest absolute Gasteiger partial charge is 0.396 e. The third-order valence-electron chi connectivity index (χ3n) is 6.85. The van der Waals surface area contributed by atoms with E-state index >= 15 is 0 Å². The van der Waals surface area contributed by atoms with Crippen LogP contribution in [0.5, 0.6) is 0 Å². The Labute approximate surface area is 222 Å². The first kappa shape index (κ1) is 37.3. The molecule has 0 rings (SSSR count). The highest BCUT2D eigenvalue weighted by atomic mass is 19.4. The maximum atomic E-state index is 13.2. The fraction of sp³-hybridized carbons (Fsp3) is 1.00. The molecule has 0 saturated heterocycles. The van der Waals surface area contributed by atoms with Crippen molar-refractivity contribution in [3.8, 4) is 0 Å². The summed E-state index contributed by atoms with van der Waals surface area (Å²) in [7, 11) is 0. The van der Waals surface area contributed by atoms with E-state index in [-0.39, 0.29) is 19.1 Å². The standard InChI is InChI=1S/C27H47F9O2/c1-2-3-14-19-38-24(17-18-37)16-13-11-9-7-5-4-6-8-10-12-15-22(26(31,32)33)20-23(27(34,35)36)21-25(28,29)30/h22-24,37H,2-21H2,1H3. The lowest BCUT2D eigenvalue weighted by molar-refractivity contribution is -0.238. The first-order valence-corrected chi connectivity index (χ1v) is 14.1. The molecule has 0 aromatic rings. The number of aliphatic hydroxyl groups excluding tert-OH is 1. The van der Waals surface area contributed by atoms with Gasteiger partial charge in [0.05, 0.1) is 24.4 Å². The summed E-state index contributed by atoms with van der Waals surface area (Å²) in [6, 6.07) is 0. The zero-order chi connectivity index (χ0) is 29.1. The van der Waals surface area contributed by atoms with Gasteiger partial charge in [-0.05, 0) is 32.1 Å². The van der Waals surface area contributed by atoms with E-state index in [0.717, 1.165) is 77.2 Å². The molecule has 0 spiro atoms. The Morgan fingerprint density at radius 1 is 0.579 bits per heavy atom. The fourth-order valence-corrected chi connectivity index (χ4v) is 4.60. The van der Waals surface area contributed by atoms with Gasteiger partial charge in [-0.25, -0.2) is 0 Å². The second kappa shape index (κ2) is 20.2. The molecule has 0 amide bonds. The predicted octanol–water partition coefficient (Wildman–Crippen LogP) is 10.3. The molecule has 0 aliphatic heterocycles. The topological polar surface area (TPSA) is 29.5 Å². The summed E-state index contributed by atoms with van der Waals surface area (Å²) in [5.41, 5.74) is 0. The van der Waals surface area contributed by atoms with E-state index in [0.29, 0.717) is 19.3 Å². The van der Waals surface area contributed by atoms with Gasteiger partial charge in [-0.15, -0.1) is 0 Å². The monoisotopic (exact) mass is 574 g/mol. The minimum Gasteiger partial charge on any atom is -0.396 e. The van der Waals surface area contributed by atoms with Crippen molar-refractivity contribution in [2.75, 3.05) is 13.2 Å². The third-order valence-corrected chi connectivity index (χ3v) is 6.85. The molecule has 0 aromatic carbocycles. The molecule has 0 bridgehead atoms. The first-order valence-electron chi connectivity index (χ1n) is 14.1. The molecule has 3 atom stereocenters. The van der Waals surface area contributed by atoms with E-state index in [2.05, 4.69) is 6.92 Å². The SMILES string of the molecule is CCCCCOC(CCO)CCCCCCCCCCCCC(CC(CC(F)(F)F)C(F)(F)F)C(F)(F)F. The lowest BCUT2D eigenvalue weighted by Gasteiger charge is -2.27. The maximum absolute atomic E-state index is 13.2. The normalized spacial score (nSPS) is 15.6. The number of halogens is 9. The predicted molar refractivity (Wildman–Crippen MR) is 131 cm³/mol. The molecule has 0 aromatic heterocycles. The first-order chi connectivity index (χ1) is 17.7. The van der Waals surface area contributed by atoms with Crippen LogP contribution in [0.4, 0.5) is 39.5 Å². The average molecular weight is 575 g/mol. The lowest BCUT2D eigenvalue weighted by atomic mass is 9.87. The van der Waals surface area contributed by atoms with Crippen molar-refractivity contribution in [2.45, 2.75) is 147 Å². The Bertz CT molecular complexity index is 548. The van der Waals surface area contributed by atoms with Gasteiger partial charge in [-0.3, -0.25) is 0 Å². The van der Waals surface area contributed by atoms with Gasteiger partial charge in [-0.2, -0.15) is 39.5 Å². The molecule has 230 valence electrons. The van der Waals surface area contributed by atoms with Crippen LogP contribution in [-0.4, -0.2) is 43.0 Å². The number of ether oxygens (including phenoxy) is 1. The van der Waals surface area contributed by atoms with Crippen LogP contribution in [0.3, 0.4) is 0 Å². The Hall–Kier alpha value is -0.710. The third kappa shape index (κ3) is 21.2. The average Bonchev–Trinajstić information content (AvgIpc) is 2.78. The van der Waals surface area contributed by atoms with Crippen LogP contribution in [0.15, 0.2) is 0 Å². The van der Waals surface area contributed by atoms with Crippen molar-refractivity contribution < 1.29 is 49.4 Å². The molecule has 0 radical (unpaired) electrons. The second-order valence-electron chi connectivity index (χ2n) is 10.4. The molecule has 3 unspecified atom stereocenters. The number of aliphatic hydroxyl groups is 1. The van der Waals surface area contributed by atoms with Crippen LogP contribution >= 0.6 is 0 Å². The van der Waals surface area contributed by atoms with E-state index in [1.807, 2.05) is 0 Å². The molecule has 38 heavy (non-hydrogen) atoms. The zero-order valence-electron chi connectivity index (χ0n) is 22.6. The van der Waals surface area contributed by atoms with E-state index < -0.39 is 49.6 Å². The van der Waals surface area contributed by atoms with Crippen molar-refractivity contribution >= 4 is 0 Å². The van der Waals surface area contributed by atoms with Crippen LogP contribution in [0.2, 0.25) is 0 Å². The van der Waals surface area contributed by atoms with Crippen LogP contribution in [0, 0.1) is 11.8 Å². The van der Waals surface area contributed by atoms with Crippen LogP contribution in [0.1, 0.15) is 122 Å². The van der Waals surface area contributed by atoms with Gasteiger partial charge in [0, 0.05) is 13.2 Å². The highest BCUT2D eigenvalue weighted by molar-refractivity contribution is 4.79. The summed E-state index contributed by atoms with van der Waals surface area (Å²) in [5.74, 6) is -5.44. The van der Waals surface area contributed by atoms with Gasteiger partial charge in [0.2, 0.25) is 0 Å². The lowest BCUT2D eigenvalue weighted by Crippen LogP contribution is -2.34. The second-order valence-corrected chi connectivity index (χ2v) is 10.4. The Morgan fingerprint density at radius 2 is 1.05 bits per heavy atom. The van der Waals surface area contributed by atoms with Gasteiger partial charge in [0.25, 0.3) is 0 Å². The van der Waals surface area contributed by atoms with E-state index in [9.17, 15) is 44.6 Å². The van der Waals surface area contributed by atoms with E-state index in [1.165, 1.54) is 0 Å². The van der Waals surface area contributed by atoms with Gasteiger partial charge >= 0.3 is 18.5 Å². The summed E-state index contributed by atoms with van der Waals surface area (Å²) < 4.78 is 122. The quantitative estimate of drug-likeness (QED) is 0.0972. The number of hydrogen-bond donors (Lipinski definition) is 1. The molecular formula is C27H47F9O2. The molecule has 0 saturated carbocycles. The van der Waals surface area contributed by atoms with Crippen molar-refractivity contribution in [2.24, 2.45) is 11.8 Å². The Kier molecular flexibility index (Phi) is 19.8. The Morgan fingerprint density at radius 3 is 1.47 bits per heavy atom. The molecule has 11 heteroatoms.